The number of primary sulfonamides is 1. The maximum atomic E-state index is 11.4. The zero-order chi connectivity index (χ0) is 13.1. The first-order valence-electron chi connectivity index (χ1n) is 5.34. The molecule has 0 aliphatic heterocycles. The van der Waals surface area contributed by atoms with E-state index in [0.717, 1.165) is 0 Å². The first kappa shape index (κ1) is 14.0. The Morgan fingerprint density at radius 3 is 2.47 bits per heavy atom. The minimum absolute atomic E-state index is 0.131. The van der Waals surface area contributed by atoms with Crippen molar-refractivity contribution in [1.29, 1.82) is 0 Å². The van der Waals surface area contributed by atoms with Crippen molar-refractivity contribution in [2.45, 2.75) is 17.9 Å². The lowest BCUT2D eigenvalue weighted by Crippen LogP contribution is -2.32. The van der Waals surface area contributed by atoms with Gasteiger partial charge in [0.25, 0.3) is 0 Å². The number of hydrogen-bond donors (Lipinski definition) is 2. The highest BCUT2D eigenvalue weighted by atomic mass is 32.2. The summed E-state index contributed by atoms with van der Waals surface area (Å²) in [7, 11) is 0.263. The summed E-state index contributed by atoms with van der Waals surface area (Å²) in [6.07, 6.45) is 0. The molecule has 3 N–H and O–H groups in total. The molecule has 5 nitrogen and oxygen atoms in total. The molecule has 1 aromatic rings. The smallest absolute Gasteiger partial charge is 0.240 e. The summed E-state index contributed by atoms with van der Waals surface area (Å²) in [6.45, 7) is 2.70. The minimum Gasteiger partial charge on any atom is -0.382 e. The molecule has 1 aromatic carbocycles. The standard InChI is InChI=1S/C11H19N3O2S/c1-9(14(2)3)8-13-10-6-4-5-7-11(10)17(12,15)16/h4-7,9,13H,8H2,1-3H3,(H2,12,15,16). The molecule has 17 heavy (non-hydrogen) atoms. The van der Waals surface area contributed by atoms with Gasteiger partial charge in [-0.05, 0) is 33.2 Å². The summed E-state index contributed by atoms with van der Waals surface area (Å²) in [5, 5.41) is 8.25. The predicted molar refractivity (Wildman–Crippen MR) is 69.5 cm³/mol. The number of nitrogens with zero attached hydrogens (tertiary/aromatic N) is 1. The number of nitrogens with one attached hydrogen (secondary N) is 1. The lowest BCUT2D eigenvalue weighted by atomic mass is 10.2. The van der Waals surface area contributed by atoms with Crippen LogP contribution >= 0.6 is 0 Å². The molecule has 0 saturated carbocycles. The average Bonchev–Trinajstić information content (AvgIpc) is 2.24. The van der Waals surface area contributed by atoms with Crippen LogP contribution in [-0.2, 0) is 10.0 Å². The van der Waals surface area contributed by atoms with Crippen LogP contribution in [0.2, 0.25) is 0 Å². The number of sulfonamides is 1. The van der Waals surface area contributed by atoms with Crippen molar-refractivity contribution in [1.82, 2.24) is 4.90 Å². The van der Waals surface area contributed by atoms with E-state index < -0.39 is 10.0 Å². The second kappa shape index (κ2) is 5.48. The first-order valence-corrected chi connectivity index (χ1v) is 6.89. The fourth-order valence-corrected chi connectivity index (χ4v) is 2.02. The molecule has 0 saturated heterocycles. The molecule has 0 aliphatic carbocycles. The van der Waals surface area contributed by atoms with Gasteiger partial charge in [-0.2, -0.15) is 0 Å². The molecule has 1 rings (SSSR count). The summed E-state index contributed by atoms with van der Waals surface area (Å²) in [5.74, 6) is 0. The number of benzene rings is 1. The molecule has 0 aliphatic rings. The van der Waals surface area contributed by atoms with Crippen LogP contribution in [0.1, 0.15) is 6.92 Å². The van der Waals surface area contributed by atoms with Crippen molar-refractivity contribution < 1.29 is 8.42 Å². The molecule has 0 amide bonds. The van der Waals surface area contributed by atoms with E-state index in [9.17, 15) is 8.42 Å². The molecule has 0 radical (unpaired) electrons. The second-order valence-electron chi connectivity index (χ2n) is 4.23. The zero-order valence-corrected chi connectivity index (χ0v) is 11.2. The lowest BCUT2D eigenvalue weighted by Gasteiger charge is -2.21. The Labute approximate surface area is 103 Å². The molecule has 0 fully saturated rings. The first-order chi connectivity index (χ1) is 7.82. The van der Waals surface area contributed by atoms with E-state index in [4.69, 9.17) is 5.14 Å². The largest absolute Gasteiger partial charge is 0.382 e. The van der Waals surface area contributed by atoms with Crippen LogP contribution in [0.3, 0.4) is 0 Å². The fourth-order valence-electron chi connectivity index (χ4n) is 1.30. The molecular formula is C11H19N3O2S. The highest BCUT2D eigenvalue weighted by Crippen LogP contribution is 2.19. The highest BCUT2D eigenvalue weighted by Gasteiger charge is 2.13. The molecule has 1 unspecified atom stereocenters. The zero-order valence-electron chi connectivity index (χ0n) is 10.3. The quantitative estimate of drug-likeness (QED) is 0.814. The van der Waals surface area contributed by atoms with Crippen molar-refractivity contribution in [3.8, 4) is 0 Å². The van der Waals surface area contributed by atoms with Gasteiger partial charge in [0.05, 0.1) is 5.69 Å². The van der Waals surface area contributed by atoms with Gasteiger partial charge in [0.1, 0.15) is 4.90 Å². The van der Waals surface area contributed by atoms with Crippen molar-refractivity contribution >= 4 is 15.7 Å². The van der Waals surface area contributed by atoms with Crippen LogP contribution in [0.5, 0.6) is 0 Å². The number of anilines is 1. The number of para-hydroxylation sites is 1. The van der Waals surface area contributed by atoms with E-state index >= 15 is 0 Å². The second-order valence-corrected chi connectivity index (χ2v) is 5.76. The Hall–Kier alpha value is -1.11. The van der Waals surface area contributed by atoms with E-state index in [-0.39, 0.29) is 4.90 Å². The molecular weight excluding hydrogens is 238 g/mol. The van der Waals surface area contributed by atoms with Gasteiger partial charge >= 0.3 is 0 Å². The summed E-state index contributed by atoms with van der Waals surface area (Å²) in [4.78, 5) is 2.18. The normalized spacial score (nSPS) is 13.7. The molecule has 96 valence electrons. The third-order valence-electron chi connectivity index (χ3n) is 2.66. The van der Waals surface area contributed by atoms with Crippen LogP contribution in [0, 0.1) is 0 Å². The summed E-state index contributed by atoms with van der Waals surface area (Å²) >= 11 is 0. The van der Waals surface area contributed by atoms with Gasteiger partial charge in [-0.1, -0.05) is 12.1 Å². The fraction of sp³-hybridized carbons (Fsp3) is 0.455. The van der Waals surface area contributed by atoms with Gasteiger partial charge in [0.15, 0.2) is 0 Å². The Morgan fingerprint density at radius 2 is 1.94 bits per heavy atom. The van der Waals surface area contributed by atoms with E-state index in [0.29, 0.717) is 18.3 Å². The van der Waals surface area contributed by atoms with Crippen molar-refractivity contribution in [2.24, 2.45) is 5.14 Å². The Balaban J connectivity index is 2.85. The van der Waals surface area contributed by atoms with E-state index in [1.807, 2.05) is 25.9 Å². The molecule has 1 atom stereocenters. The summed E-state index contributed by atoms with van der Waals surface area (Å²) in [5.41, 5.74) is 0.545. The van der Waals surface area contributed by atoms with Crippen molar-refractivity contribution in [2.75, 3.05) is 26.0 Å². The van der Waals surface area contributed by atoms with Crippen LogP contribution in [0.25, 0.3) is 0 Å². The number of nitrogens with two attached hydrogens (primary N) is 1. The predicted octanol–water partition coefficient (Wildman–Crippen LogP) is 0.696. The van der Waals surface area contributed by atoms with Gasteiger partial charge in [0, 0.05) is 12.6 Å². The number of rotatable bonds is 5. The van der Waals surface area contributed by atoms with Gasteiger partial charge in [0.2, 0.25) is 10.0 Å². The van der Waals surface area contributed by atoms with E-state index in [2.05, 4.69) is 5.32 Å². The van der Waals surface area contributed by atoms with Crippen LogP contribution in [0.4, 0.5) is 5.69 Å². The molecule has 0 aromatic heterocycles. The summed E-state index contributed by atoms with van der Waals surface area (Å²) in [6, 6.07) is 6.93. The maximum absolute atomic E-state index is 11.4. The third-order valence-corrected chi connectivity index (χ3v) is 3.63. The molecule has 0 heterocycles. The summed E-state index contributed by atoms with van der Waals surface area (Å²) < 4.78 is 22.7. The van der Waals surface area contributed by atoms with E-state index in [1.165, 1.54) is 6.07 Å². The van der Waals surface area contributed by atoms with Crippen LogP contribution < -0.4 is 10.5 Å². The molecule has 0 spiro atoms. The molecule has 6 heteroatoms. The van der Waals surface area contributed by atoms with Crippen LogP contribution in [-0.4, -0.2) is 40.0 Å². The highest BCUT2D eigenvalue weighted by molar-refractivity contribution is 7.89. The van der Waals surface area contributed by atoms with Crippen LogP contribution in [0.15, 0.2) is 29.2 Å². The number of hydrogen-bond acceptors (Lipinski definition) is 4. The Kier molecular flexibility index (Phi) is 4.50. The van der Waals surface area contributed by atoms with Crippen molar-refractivity contribution in [3.63, 3.8) is 0 Å². The Morgan fingerprint density at radius 1 is 1.35 bits per heavy atom. The average molecular weight is 257 g/mol. The minimum atomic E-state index is -3.68. The van der Waals surface area contributed by atoms with Gasteiger partial charge in [-0.15, -0.1) is 0 Å². The van der Waals surface area contributed by atoms with E-state index in [1.54, 1.807) is 18.2 Å². The monoisotopic (exact) mass is 257 g/mol. The lowest BCUT2D eigenvalue weighted by molar-refractivity contribution is 0.326. The number of likely N-dealkylation sites (N-methyl/N-ethyl adjacent to an activating group) is 1. The van der Waals surface area contributed by atoms with Gasteiger partial charge in [-0.3, -0.25) is 0 Å². The van der Waals surface area contributed by atoms with Crippen molar-refractivity contribution in [3.05, 3.63) is 24.3 Å². The molecule has 0 bridgehead atoms. The SMILES string of the molecule is CC(CNc1ccccc1S(N)(=O)=O)N(C)C. The topological polar surface area (TPSA) is 75.4 Å². The van der Waals surface area contributed by atoms with Gasteiger partial charge in [-0.25, -0.2) is 13.6 Å². The third kappa shape index (κ3) is 3.99. The maximum Gasteiger partial charge on any atom is 0.240 e. The van der Waals surface area contributed by atoms with Gasteiger partial charge < -0.3 is 10.2 Å². The Bertz CT molecular complexity index is 471.